The molecule has 33 heavy (non-hydrogen) atoms. The molecule has 3 rings (SSSR count). The topological polar surface area (TPSA) is 132 Å². The third-order valence-corrected chi connectivity index (χ3v) is 6.42. The number of nitrogens with zero attached hydrogens (tertiary/aromatic N) is 3. The predicted molar refractivity (Wildman–Crippen MR) is 140 cm³/mol. The number of primary amides is 1. The molecular formula is C20H16Br2ClIN6O3. The Hall–Kier alpha value is -2.03. The van der Waals surface area contributed by atoms with E-state index >= 15 is 0 Å². The Bertz CT molecular complexity index is 1280. The van der Waals surface area contributed by atoms with Crippen molar-refractivity contribution in [1.29, 1.82) is 0 Å². The van der Waals surface area contributed by atoms with Crippen molar-refractivity contribution in [3.8, 4) is 5.82 Å². The van der Waals surface area contributed by atoms with Crippen LogP contribution in [0.4, 0.5) is 5.69 Å². The number of anilines is 1. The zero-order valence-corrected chi connectivity index (χ0v) is 23.2. The monoisotopic (exact) mass is 708 g/mol. The van der Waals surface area contributed by atoms with Gasteiger partial charge in [0.1, 0.15) is 15.8 Å². The van der Waals surface area contributed by atoms with Gasteiger partial charge in [0.15, 0.2) is 5.82 Å². The molecule has 0 spiro atoms. The number of carbonyl (C=O) groups is 3. The number of pyridine rings is 1. The maximum atomic E-state index is 13.3. The summed E-state index contributed by atoms with van der Waals surface area (Å²) < 4.78 is 2.88. The molecule has 0 atom stereocenters. The number of aromatic nitrogens is 3. The second kappa shape index (κ2) is 10.1. The van der Waals surface area contributed by atoms with Crippen LogP contribution < -0.4 is 16.4 Å². The number of hydrogen-bond acceptors (Lipinski definition) is 5. The first-order chi connectivity index (χ1) is 15.4. The van der Waals surface area contributed by atoms with E-state index in [9.17, 15) is 14.4 Å². The molecule has 0 fully saturated rings. The fraction of sp³-hybridized carbons (Fsp3) is 0.150. The normalized spacial score (nSPS) is 11.2. The minimum atomic E-state index is -1.30. The van der Waals surface area contributed by atoms with Crippen LogP contribution in [0.1, 0.15) is 34.7 Å². The van der Waals surface area contributed by atoms with Crippen molar-refractivity contribution in [3.05, 3.63) is 65.5 Å². The number of nitrogens with two attached hydrogens (primary N) is 1. The fourth-order valence-electron chi connectivity index (χ4n) is 2.68. The summed E-state index contributed by atoms with van der Waals surface area (Å²) in [5, 5.41) is 9.90. The van der Waals surface area contributed by atoms with Crippen molar-refractivity contribution in [1.82, 2.24) is 20.1 Å². The zero-order chi connectivity index (χ0) is 24.5. The van der Waals surface area contributed by atoms with Crippen molar-refractivity contribution >= 4 is 89.5 Å². The van der Waals surface area contributed by atoms with Crippen LogP contribution in [0.15, 0.2) is 45.6 Å². The quantitative estimate of drug-likeness (QED) is 0.329. The van der Waals surface area contributed by atoms with Gasteiger partial charge in [0, 0.05) is 20.3 Å². The molecule has 0 saturated carbocycles. The molecule has 0 bridgehead atoms. The van der Waals surface area contributed by atoms with Gasteiger partial charge in [0.25, 0.3) is 11.8 Å². The molecule has 13 heteroatoms. The lowest BCUT2D eigenvalue weighted by atomic mass is 10.0. The first-order valence-corrected chi connectivity index (χ1v) is 12.2. The third-order valence-electron chi connectivity index (χ3n) is 4.43. The molecule has 0 aliphatic carbocycles. The molecular weight excluding hydrogens is 694 g/mol. The van der Waals surface area contributed by atoms with E-state index in [1.807, 2.05) is 22.6 Å². The lowest BCUT2D eigenvalue weighted by molar-refractivity contribution is -0.122. The summed E-state index contributed by atoms with van der Waals surface area (Å²) in [6.07, 6.45) is 1.53. The summed E-state index contributed by atoms with van der Waals surface area (Å²) in [6, 6.07) is 8.05. The Morgan fingerprint density at radius 3 is 2.52 bits per heavy atom. The Kier molecular flexibility index (Phi) is 7.81. The average Bonchev–Trinajstić information content (AvgIpc) is 3.11. The summed E-state index contributed by atoms with van der Waals surface area (Å²) in [4.78, 5) is 42.1. The van der Waals surface area contributed by atoms with Gasteiger partial charge in [-0.1, -0.05) is 27.5 Å². The molecule has 3 amide bonds. The molecule has 172 valence electrons. The number of nitrogens with one attached hydrogen (secondary N) is 2. The first-order valence-electron chi connectivity index (χ1n) is 9.20. The summed E-state index contributed by atoms with van der Waals surface area (Å²) in [5.41, 5.74) is 4.59. The van der Waals surface area contributed by atoms with Gasteiger partial charge in [-0.3, -0.25) is 14.4 Å². The minimum absolute atomic E-state index is 0.130. The summed E-state index contributed by atoms with van der Waals surface area (Å²) in [5.74, 6) is -1.58. The van der Waals surface area contributed by atoms with Crippen molar-refractivity contribution in [3.63, 3.8) is 0 Å². The van der Waals surface area contributed by atoms with E-state index in [2.05, 4.69) is 52.6 Å². The van der Waals surface area contributed by atoms with Gasteiger partial charge in [-0.2, -0.15) is 5.10 Å². The molecule has 4 N–H and O–H groups in total. The molecule has 0 radical (unpaired) electrons. The summed E-state index contributed by atoms with van der Waals surface area (Å²) in [6.45, 7) is 2.97. The van der Waals surface area contributed by atoms with E-state index in [1.54, 1.807) is 18.2 Å². The highest BCUT2D eigenvalue weighted by atomic mass is 127. The molecule has 3 aromatic rings. The largest absolute Gasteiger partial charge is 0.368 e. The van der Waals surface area contributed by atoms with E-state index in [4.69, 9.17) is 17.3 Å². The maximum Gasteiger partial charge on any atom is 0.274 e. The number of amides is 3. The summed E-state index contributed by atoms with van der Waals surface area (Å²) >= 11 is 14.9. The molecule has 1 aromatic carbocycles. The standard InChI is InChI=1S/C20H16Br2ClIN6O3/c1-20(2,19(25)33)28-17(31)10-6-9(21)7-12(24)15(10)27-18(32)13-8-14(22)29-30(13)16-11(23)4-3-5-26-16/h3-8H,1-2H3,(H2,25,33)(H,27,32)(H,28,31). The Morgan fingerprint density at radius 1 is 1.18 bits per heavy atom. The van der Waals surface area contributed by atoms with Crippen molar-refractivity contribution < 1.29 is 14.4 Å². The van der Waals surface area contributed by atoms with Crippen LogP contribution in [-0.2, 0) is 4.79 Å². The highest BCUT2D eigenvalue weighted by Crippen LogP contribution is 2.30. The number of halogens is 4. The fourth-order valence-corrected chi connectivity index (χ4v) is 4.90. The Morgan fingerprint density at radius 2 is 1.88 bits per heavy atom. The van der Waals surface area contributed by atoms with E-state index < -0.39 is 23.3 Å². The van der Waals surface area contributed by atoms with Gasteiger partial charge in [0.05, 0.1) is 16.3 Å². The minimum Gasteiger partial charge on any atom is -0.368 e. The van der Waals surface area contributed by atoms with E-state index in [0.29, 0.717) is 17.7 Å². The highest BCUT2D eigenvalue weighted by molar-refractivity contribution is 14.1. The molecule has 0 aliphatic rings. The average molecular weight is 711 g/mol. The van der Waals surface area contributed by atoms with Crippen LogP contribution in [0, 0.1) is 3.57 Å². The maximum absolute atomic E-state index is 13.3. The van der Waals surface area contributed by atoms with Gasteiger partial charge < -0.3 is 16.4 Å². The van der Waals surface area contributed by atoms with Crippen LogP contribution in [0.25, 0.3) is 5.82 Å². The summed E-state index contributed by atoms with van der Waals surface area (Å²) in [7, 11) is 0. The van der Waals surface area contributed by atoms with E-state index in [1.165, 1.54) is 36.9 Å². The van der Waals surface area contributed by atoms with Crippen molar-refractivity contribution in [2.45, 2.75) is 19.4 Å². The van der Waals surface area contributed by atoms with Crippen molar-refractivity contribution in [2.75, 3.05) is 5.32 Å². The van der Waals surface area contributed by atoms with Crippen LogP contribution in [0.3, 0.4) is 0 Å². The Balaban J connectivity index is 2.02. The van der Waals surface area contributed by atoms with E-state index in [0.717, 1.165) is 0 Å². The predicted octanol–water partition coefficient (Wildman–Crippen LogP) is 4.30. The molecule has 0 unspecified atom stereocenters. The molecule has 0 aliphatic heterocycles. The van der Waals surface area contributed by atoms with E-state index in [-0.39, 0.29) is 22.8 Å². The van der Waals surface area contributed by atoms with Gasteiger partial charge in [-0.15, -0.1) is 0 Å². The number of benzene rings is 1. The van der Waals surface area contributed by atoms with Gasteiger partial charge in [-0.05, 0) is 76.6 Å². The van der Waals surface area contributed by atoms with Gasteiger partial charge >= 0.3 is 0 Å². The number of rotatable bonds is 6. The zero-order valence-electron chi connectivity index (χ0n) is 17.1. The third kappa shape index (κ3) is 5.73. The highest BCUT2D eigenvalue weighted by Gasteiger charge is 2.29. The van der Waals surface area contributed by atoms with Crippen LogP contribution in [0.5, 0.6) is 0 Å². The number of carbonyl (C=O) groups excluding carboxylic acids is 3. The Labute approximate surface area is 224 Å². The first kappa shape index (κ1) is 25.6. The van der Waals surface area contributed by atoms with Crippen LogP contribution >= 0.6 is 66.1 Å². The van der Waals surface area contributed by atoms with Crippen LogP contribution in [-0.4, -0.2) is 38.0 Å². The molecule has 2 heterocycles. The van der Waals surface area contributed by atoms with Gasteiger partial charge in [-0.25, -0.2) is 9.67 Å². The molecule has 9 nitrogen and oxygen atoms in total. The SMILES string of the molecule is CC(C)(NC(=O)c1cc(Br)cc(I)c1NC(=O)c1cc(Br)nn1-c1ncccc1Cl)C(N)=O. The second-order valence-corrected chi connectivity index (χ2v) is 10.6. The molecule has 0 saturated heterocycles. The lowest BCUT2D eigenvalue weighted by Gasteiger charge is -2.23. The second-order valence-electron chi connectivity index (χ2n) is 7.28. The van der Waals surface area contributed by atoms with Crippen molar-refractivity contribution in [2.24, 2.45) is 5.73 Å². The number of hydrogen-bond donors (Lipinski definition) is 3. The lowest BCUT2D eigenvalue weighted by Crippen LogP contribution is -2.53. The smallest absolute Gasteiger partial charge is 0.274 e. The van der Waals surface area contributed by atoms with Gasteiger partial charge in [0.2, 0.25) is 5.91 Å². The van der Waals surface area contributed by atoms with Crippen LogP contribution in [0.2, 0.25) is 5.02 Å². The molecule has 2 aromatic heterocycles.